The molecule has 0 unspecified atom stereocenters. The second-order valence-corrected chi connectivity index (χ2v) is 4.23. The molecule has 76 valence electrons. The average Bonchev–Trinajstić information content (AvgIpc) is 1.95. The maximum Gasteiger partial charge on any atom is 0.323 e. The van der Waals surface area contributed by atoms with Crippen LogP contribution in [0.5, 0.6) is 0 Å². The molecule has 0 aliphatic heterocycles. The Morgan fingerprint density at radius 1 is 1.54 bits per heavy atom. The lowest BCUT2D eigenvalue weighted by Gasteiger charge is -2.44. The Kier molecular flexibility index (Phi) is 2.96. The Morgan fingerprint density at radius 2 is 2.08 bits per heavy atom. The maximum atomic E-state index is 11.0. The highest BCUT2D eigenvalue weighted by Crippen LogP contribution is 2.30. The lowest BCUT2D eigenvalue weighted by molar-refractivity contribution is -0.152. The van der Waals surface area contributed by atoms with Gasteiger partial charge in [0.25, 0.3) is 0 Å². The van der Waals surface area contributed by atoms with Gasteiger partial charge in [0, 0.05) is 6.04 Å². The van der Waals surface area contributed by atoms with E-state index in [0.29, 0.717) is 6.04 Å². The van der Waals surface area contributed by atoms with Crippen molar-refractivity contribution < 1.29 is 9.90 Å². The Balaban J connectivity index is 2.68. The topological polar surface area (TPSA) is 40.5 Å². The summed E-state index contributed by atoms with van der Waals surface area (Å²) < 4.78 is 0. The van der Waals surface area contributed by atoms with Gasteiger partial charge in [-0.3, -0.25) is 9.69 Å². The zero-order chi connectivity index (χ0) is 10.1. The van der Waals surface area contributed by atoms with Crippen molar-refractivity contribution in [3.63, 3.8) is 0 Å². The van der Waals surface area contributed by atoms with E-state index in [-0.39, 0.29) is 0 Å². The van der Waals surface area contributed by atoms with Crippen molar-refractivity contribution in [1.82, 2.24) is 4.90 Å². The number of likely N-dealkylation sites (N-methyl/N-ethyl adjacent to an activating group) is 1. The first kappa shape index (κ1) is 10.5. The first-order valence-electron chi connectivity index (χ1n) is 5.00. The van der Waals surface area contributed by atoms with Crippen molar-refractivity contribution in [3.8, 4) is 0 Å². The van der Waals surface area contributed by atoms with Gasteiger partial charge in [0.1, 0.15) is 5.54 Å². The third kappa shape index (κ3) is 1.85. The predicted molar refractivity (Wildman–Crippen MR) is 51.7 cm³/mol. The van der Waals surface area contributed by atoms with Crippen molar-refractivity contribution in [1.29, 1.82) is 0 Å². The Morgan fingerprint density at radius 3 is 2.31 bits per heavy atom. The highest BCUT2D eigenvalue weighted by Gasteiger charge is 2.39. The first-order valence-corrected chi connectivity index (χ1v) is 5.00. The van der Waals surface area contributed by atoms with E-state index in [9.17, 15) is 4.79 Å². The van der Waals surface area contributed by atoms with Crippen molar-refractivity contribution in [2.24, 2.45) is 0 Å². The van der Waals surface area contributed by atoms with Crippen LogP contribution in [0.15, 0.2) is 0 Å². The van der Waals surface area contributed by atoms with Gasteiger partial charge in [-0.1, -0.05) is 13.3 Å². The minimum absolute atomic E-state index is 0.496. The first-order chi connectivity index (χ1) is 6.00. The summed E-state index contributed by atoms with van der Waals surface area (Å²) in [5, 5.41) is 9.07. The Hall–Kier alpha value is -0.570. The van der Waals surface area contributed by atoms with Crippen LogP contribution in [0.1, 0.15) is 40.0 Å². The van der Waals surface area contributed by atoms with Gasteiger partial charge < -0.3 is 5.11 Å². The third-order valence-corrected chi connectivity index (χ3v) is 3.10. The quantitative estimate of drug-likeness (QED) is 0.725. The molecule has 0 aromatic heterocycles. The summed E-state index contributed by atoms with van der Waals surface area (Å²) in [5.41, 5.74) is -0.708. The normalized spacial score (nSPS) is 18.8. The molecule has 3 heteroatoms. The number of carbonyl (C=O) groups is 1. The lowest BCUT2D eigenvalue weighted by Crippen LogP contribution is -2.56. The summed E-state index contributed by atoms with van der Waals surface area (Å²) in [7, 11) is 0. The standard InChI is InChI=1S/C10H19NO2/c1-4-11(8-6-5-7-8)10(2,3)9(12)13/h8H,4-7H2,1-3H3,(H,12,13). The molecule has 1 rings (SSSR count). The van der Waals surface area contributed by atoms with Crippen LogP contribution < -0.4 is 0 Å². The second kappa shape index (κ2) is 3.66. The van der Waals surface area contributed by atoms with Crippen molar-refractivity contribution in [2.75, 3.05) is 6.54 Å². The van der Waals surface area contributed by atoms with E-state index < -0.39 is 11.5 Å². The summed E-state index contributed by atoms with van der Waals surface area (Å²) in [4.78, 5) is 13.1. The minimum atomic E-state index is -0.721. The SMILES string of the molecule is CCN(C1CCC1)C(C)(C)C(=O)O. The number of hydrogen-bond donors (Lipinski definition) is 1. The average molecular weight is 185 g/mol. The van der Waals surface area contributed by atoms with Gasteiger partial charge in [-0.05, 0) is 33.2 Å². The lowest BCUT2D eigenvalue weighted by atomic mass is 9.87. The molecule has 3 nitrogen and oxygen atoms in total. The van der Waals surface area contributed by atoms with Crippen LogP contribution in [0.4, 0.5) is 0 Å². The van der Waals surface area contributed by atoms with Crippen LogP contribution in [0.3, 0.4) is 0 Å². The number of nitrogens with zero attached hydrogens (tertiary/aromatic N) is 1. The molecule has 1 aliphatic carbocycles. The smallest absolute Gasteiger partial charge is 0.323 e. The molecule has 0 bridgehead atoms. The number of aliphatic carboxylic acids is 1. The molecule has 0 heterocycles. The molecule has 0 radical (unpaired) electrons. The molecule has 0 aromatic rings. The van der Waals surface area contributed by atoms with E-state index >= 15 is 0 Å². The Labute approximate surface area is 79.7 Å². The largest absolute Gasteiger partial charge is 0.480 e. The van der Waals surface area contributed by atoms with Gasteiger partial charge in [0.15, 0.2) is 0 Å². The monoisotopic (exact) mass is 185 g/mol. The van der Waals surface area contributed by atoms with E-state index in [2.05, 4.69) is 4.90 Å². The molecule has 0 saturated heterocycles. The number of carboxylic acid groups (broad SMARTS) is 1. The molecule has 0 aromatic carbocycles. The fourth-order valence-electron chi connectivity index (χ4n) is 1.93. The molecule has 1 aliphatic rings. The van der Waals surface area contributed by atoms with Gasteiger partial charge >= 0.3 is 5.97 Å². The predicted octanol–water partition coefficient (Wildman–Crippen LogP) is 1.72. The van der Waals surface area contributed by atoms with Crippen LogP contribution >= 0.6 is 0 Å². The van der Waals surface area contributed by atoms with E-state index in [4.69, 9.17) is 5.11 Å². The van der Waals surface area contributed by atoms with E-state index in [0.717, 1.165) is 19.4 Å². The van der Waals surface area contributed by atoms with Crippen LogP contribution in [0.25, 0.3) is 0 Å². The van der Waals surface area contributed by atoms with Crippen LogP contribution in [-0.2, 0) is 4.79 Å². The fourth-order valence-corrected chi connectivity index (χ4v) is 1.93. The fraction of sp³-hybridized carbons (Fsp3) is 0.900. The number of carboxylic acids is 1. The number of hydrogen-bond acceptors (Lipinski definition) is 2. The summed E-state index contributed by atoms with van der Waals surface area (Å²) in [5.74, 6) is -0.721. The molecule has 0 spiro atoms. The maximum absolute atomic E-state index is 11.0. The number of rotatable bonds is 4. The molecule has 13 heavy (non-hydrogen) atoms. The molecule has 1 saturated carbocycles. The molecule has 0 amide bonds. The molecule has 0 atom stereocenters. The van der Waals surface area contributed by atoms with Gasteiger partial charge in [-0.2, -0.15) is 0 Å². The highest BCUT2D eigenvalue weighted by atomic mass is 16.4. The van der Waals surface area contributed by atoms with Gasteiger partial charge in [-0.25, -0.2) is 0 Å². The summed E-state index contributed by atoms with van der Waals surface area (Å²) in [6.45, 7) is 6.43. The van der Waals surface area contributed by atoms with Gasteiger partial charge in [0.05, 0.1) is 0 Å². The van der Waals surface area contributed by atoms with Crippen LogP contribution in [0, 0.1) is 0 Å². The van der Waals surface area contributed by atoms with Gasteiger partial charge in [0.2, 0.25) is 0 Å². The second-order valence-electron chi connectivity index (χ2n) is 4.23. The van der Waals surface area contributed by atoms with E-state index in [1.54, 1.807) is 13.8 Å². The summed E-state index contributed by atoms with van der Waals surface area (Å²) >= 11 is 0. The highest BCUT2D eigenvalue weighted by molar-refractivity contribution is 5.77. The zero-order valence-electron chi connectivity index (χ0n) is 8.71. The van der Waals surface area contributed by atoms with Gasteiger partial charge in [-0.15, -0.1) is 0 Å². The minimum Gasteiger partial charge on any atom is -0.480 e. The summed E-state index contributed by atoms with van der Waals surface area (Å²) in [6, 6.07) is 0.496. The molecule has 1 N–H and O–H groups in total. The zero-order valence-corrected chi connectivity index (χ0v) is 8.71. The molecule has 1 fully saturated rings. The summed E-state index contributed by atoms with van der Waals surface area (Å²) in [6.07, 6.45) is 3.56. The van der Waals surface area contributed by atoms with E-state index in [1.807, 2.05) is 6.92 Å². The molecular weight excluding hydrogens is 166 g/mol. The van der Waals surface area contributed by atoms with Crippen molar-refractivity contribution in [3.05, 3.63) is 0 Å². The van der Waals surface area contributed by atoms with Crippen molar-refractivity contribution in [2.45, 2.75) is 51.6 Å². The molecular formula is C10H19NO2. The van der Waals surface area contributed by atoms with Crippen molar-refractivity contribution >= 4 is 5.97 Å². The van der Waals surface area contributed by atoms with Crippen LogP contribution in [-0.4, -0.2) is 34.1 Å². The Bertz CT molecular complexity index is 197. The van der Waals surface area contributed by atoms with E-state index in [1.165, 1.54) is 6.42 Å². The van der Waals surface area contributed by atoms with Crippen LogP contribution in [0.2, 0.25) is 0 Å². The third-order valence-electron chi connectivity index (χ3n) is 3.10.